The quantitative estimate of drug-likeness (QED) is 0.581. The molecule has 0 radical (unpaired) electrons. The third-order valence-electron chi connectivity index (χ3n) is 5.37. The highest BCUT2D eigenvalue weighted by molar-refractivity contribution is 7.89. The van der Waals surface area contributed by atoms with Gasteiger partial charge in [0.2, 0.25) is 21.7 Å². The largest absolute Gasteiger partial charge is 0.496 e. The second-order valence-corrected chi connectivity index (χ2v) is 9.28. The van der Waals surface area contributed by atoms with E-state index in [4.69, 9.17) is 9.26 Å². The molecule has 168 valence electrons. The number of hydrogen-bond acceptors (Lipinski definition) is 7. The van der Waals surface area contributed by atoms with Crippen LogP contribution in [0.25, 0.3) is 11.4 Å². The van der Waals surface area contributed by atoms with Crippen LogP contribution in [0.1, 0.15) is 34.7 Å². The molecule has 3 aromatic rings. The molecule has 1 aromatic heterocycles. The number of hydrogen-bond donors (Lipinski definition) is 1. The Balaban J connectivity index is 1.52. The summed E-state index contributed by atoms with van der Waals surface area (Å²) in [5, 5.41) is 3.94. The molecule has 0 bridgehead atoms. The summed E-state index contributed by atoms with van der Waals surface area (Å²) in [5.41, 5.74) is 2.01. The normalized spacial score (nSPS) is 14.0. The van der Waals surface area contributed by atoms with Crippen molar-refractivity contribution >= 4 is 15.9 Å². The molecule has 1 aliphatic heterocycles. The van der Waals surface area contributed by atoms with Crippen molar-refractivity contribution in [2.24, 2.45) is 0 Å². The molecule has 1 saturated heterocycles. The number of rotatable bonds is 7. The maximum absolute atomic E-state index is 12.9. The number of nitrogens with zero attached hydrogens (tertiary/aromatic N) is 3. The van der Waals surface area contributed by atoms with Crippen LogP contribution in [0.15, 0.2) is 51.9 Å². The summed E-state index contributed by atoms with van der Waals surface area (Å²) in [7, 11) is -2.48. The lowest BCUT2D eigenvalue weighted by atomic mass is 10.1. The lowest BCUT2D eigenvalue weighted by Gasteiger charge is -2.18. The minimum Gasteiger partial charge on any atom is -0.496 e. The molecule has 9 nitrogen and oxygen atoms in total. The molecule has 10 heteroatoms. The zero-order valence-corrected chi connectivity index (χ0v) is 18.7. The molecule has 4 rings (SSSR count). The number of carbonyl (C=O) groups is 1. The van der Waals surface area contributed by atoms with Crippen LogP contribution in [0.3, 0.4) is 0 Å². The Hall–Kier alpha value is -3.24. The smallest absolute Gasteiger partial charge is 0.257 e. The second kappa shape index (κ2) is 9.09. The van der Waals surface area contributed by atoms with Crippen molar-refractivity contribution in [2.45, 2.75) is 31.2 Å². The SMILES string of the molecule is COc1ccc(S(=O)(=O)NCc2nc(-c3ccccc3C)no2)cc1C(=O)N1CCCC1. The summed E-state index contributed by atoms with van der Waals surface area (Å²) in [6.45, 7) is 3.05. The van der Waals surface area contributed by atoms with Crippen LogP contribution in [0.5, 0.6) is 5.75 Å². The van der Waals surface area contributed by atoms with E-state index < -0.39 is 10.0 Å². The van der Waals surface area contributed by atoms with E-state index in [9.17, 15) is 13.2 Å². The van der Waals surface area contributed by atoms with Crippen LogP contribution in [0, 0.1) is 6.92 Å². The van der Waals surface area contributed by atoms with E-state index >= 15 is 0 Å². The van der Waals surface area contributed by atoms with Crippen molar-refractivity contribution in [3.63, 3.8) is 0 Å². The van der Waals surface area contributed by atoms with Gasteiger partial charge in [0.25, 0.3) is 5.91 Å². The van der Waals surface area contributed by atoms with E-state index in [1.807, 2.05) is 31.2 Å². The highest BCUT2D eigenvalue weighted by atomic mass is 32.2. The molecule has 1 aliphatic rings. The average Bonchev–Trinajstić information content (AvgIpc) is 3.50. The van der Waals surface area contributed by atoms with Crippen molar-refractivity contribution in [3.8, 4) is 17.1 Å². The summed E-state index contributed by atoms with van der Waals surface area (Å²) < 4.78 is 38.7. The van der Waals surface area contributed by atoms with Crippen LogP contribution in [0.4, 0.5) is 0 Å². The van der Waals surface area contributed by atoms with Gasteiger partial charge in [-0.15, -0.1) is 0 Å². The zero-order chi connectivity index (χ0) is 22.7. The number of benzene rings is 2. The Labute approximate surface area is 186 Å². The predicted molar refractivity (Wildman–Crippen MR) is 117 cm³/mol. The number of ether oxygens (including phenoxy) is 1. The Kier molecular flexibility index (Phi) is 6.24. The molecule has 1 N–H and O–H groups in total. The second-order valence-electron chi connectivity index (χ2n) is 7.51. The number of carbonyl (C=O) groups excluding carboxylic acids is 1. The van der Waals surface area contributed by atoms with Crippen LogP contribution < -0.4 is 9.46 Å². The van der Waals surface area contributed by atoms with Gasteiger partial charge in [0, 0.05) is 18.7 Å². The fraction of sp³-hybridized carbons (Fsp3) is 0.318. The molecule has 1 amide bonds. The first-order chi connectivity index (χ1) is 15.4. The number of aryl methyl sites for hydroxylation is 1. The van der Waals surface area contributed by atoms with Gasteiger partial charge in [-0.1, -0.05) is 29.4 Å². The first-order valence-corrected chi connectivity index (χ1v) is 11.7. The van der Waals surface area contributed by atoms with E-state index in [0.29, 0.717) is 24.7 Å². The third kappa shape index (κ3) is 4.51. The van der Waals surface area contributed by atoms with E-state index in [-0.39, 0.29) is 28.8 Å². The highest BCUT2D eigenvalue weighted by Gasteiger charge is 2.25. The molecule has 0 atom stereocenters. The minimum absolute atomic E-state index is 0.0421. The van der Waals surface area contributed by atoms with Gasteiger partial charge >= 0.3 is 0 Å². The molecule has 0 unspecified atom stereocenters. The van der Waals surface area contributed by atoms with Crippen LogP contribution in [-0.2, 0) is 16.6 Å². The Morgan fingerprint density at radius 2 is 1.94 bits per heavy atom. The summed E-state index contributed by atoms with van der Waals surface area (Å²) in [4.78, 5) is 18.8. The van der Waals surface area contributed by atoms with E-state index in [2.05, 4.69) is 14.9 Å². The lowest BCUT2D eigenvalue weighted by molar-refractivity contribution is 0.0789. The Morgan fingerprint density at radius 3 is 2.66 bits per heavy atom. The first kappa shape index (κ1) is 22.0. The molecule has 0 spiro atoms. The summed E-state index contributed by atoms with van der Waals surface area (Å²) >= 11 is 0. The topological polar surface area (TPSA) is 115 Å². The van der Waals surface area contributed by atoms with Gasteiger partial charge in [0.1, 0.15) is 5.75 Å². The van der Waals surface area contributed by atoms with Gasteiger partial charge in [-0.3, -0.25) is 4.79 Å². The molecule has 2 heterocycles. The molecule has 0 aliphatic carbocycles. The number of aromatic nitrogens is 2. The van der Waals surface area contributed by atoms with Gasteiger partial charge in [0.05, 0.1) is 24.1 Å². The monoisotopic (exact) mass is 456 g/mol. The predicted octanol–water partition coefficient (Wildman–Crippen LogP) is 2.77. The van der Waals surface area contributed by atoms with E-state index in [1.165, 1.54) is 25.3 Å². The number of nitrogens with one attached hydrogen (secondary N) is 1. The maximum Gasteiger partial charge on any atom is 0.257 e. The van der Waals surface area contributed by atoms with Gasteiger partial charge < -0.3 is 14.2 Å². The summed E-state index contributed by atoms with van der Waals surface area (Å²) in [6.07, 6.45) is 1.87. The van der Waals surface area contributed by atoms with Crippen LogP contribution in [0.2, 0.25) is 0 Å². The highest BCUT2D eigenvalue weighted by Crippen LogP contribution is 2.26. The number of likely N-dealkylation sites (tertiary alicyclic amines) is 1. The standard InChI is InChI=1S/C22H24N4O5S/c1-15-7-3-4-8-17(15)21-24-20(31-25-21)14-23-32(28,29)16-9-10-19(30-2)18(13-16)22(27)26-11-5-6-12-26/h3-4,7-10,13,23H,5-6,11-12,14H2,1-2H3. The average molecular weight is 457 g/mol. The molecular formula is C22H24N4O5S. The van der Waals surface area contributed by atoms with E-state index in [1.54, 1.807) is 4.90 Å². The fourth-order valence-corrected chi connectivity index (χ4v) is 4.61. The summed E-state index contributed by atoms with van der Waals surface area (Å²) in [5.74, 6) is 0.616. The Bertz CT molecular complexity index is 1230. The van der Waals surface area contributed by atoms with E-state index in [0.717, 1.165) is 24.0 Å². The van der Waals surface area contributed by atoms with Crippen molar-refractivity contribution in [1.29, 1.82) is 0 Å². The van der Waals surface area contributed by atoms with Gasteiger partial charge in [-0.25, -0.2) is 13.1 Å². The minimum atomic E-state index is -3.93. The molecule has 32 heavy (non-hydrogen) atoms. The fourth-order valence-electron chi connectivity index (χ4n) is 3.61. The van der Waals surface area contributed by atoms with Gasteiger partial charge in [0.15, 0.2) is 0 Å². The zero-order valence-electron chi connectivity index (χ0n) is 17.9. The number of sulfonamides is 1. The maximum atomic E-state index is 12.9. The summed E-state index contributed by atoms with van der Waals surface area (Å²) in [6, 6.07) is 11.8. The third-order valence-corrected chi connectivity index (χ3v) is 6.77. The number of methoxy groups -OCH3 is 1. The van der Waals surface area contributed by atoms with Crippen LogP contribution in [-0.4, -0.2) is 49.6 Å². The Morgan fingerprint density at radius 1 is 1.19 bits per heavy atom. The first-order valence-electron chi connectivity index (χ1n) is 10.2. The van der Waals surface area contributed by atoms with Crippen molar-refractivity contribution in [2.75, 3.05) is 20.2 Å². The molecule has 2 aromatic carbocycles. The van der Waals surface area contributed by atoms with Crippen molar-refractivity contribution < 1.29 is 22.5 Å². The molecule has 0 saturated carbocycles. The molecular weight excluding hydrogens is 432 g/mol. The van der Waals surface area contributed by atoms with Crippen molar-refractivity contribution in [1.82, 2.24) is 19.8 Å². The molecule has 1 fully saturated rings. The van der Waals surface area contributed by atoms with Crippen LogP contribution >= 0.6 is 0 Å². The van der Waals surface area contributed by atoms with Gasteiger partial charge in [-0.2, -0.15) is 4.98 Å². The number of amides is 1. The lowest BCUT2D eigenvalue weighted by Crippen LogP contribution is -2.29. The van der Waals surface area contributed by atoms with Gasteiger partial charge in [-0.05, 0) is 43.5 Å². The van der Waals surface area contributed by atoms with Crippen molar-refractivity contribution in [3.05, 3.63) is 59.5 Å².